The molecule has 1 aromatic rings. The number of methoxy groups -OCH3 is 1. The molecular formula is C23H29NO4. The maximum atomic E-state index is 11.7. The minimum atomic E-state index is -0.402. The van der Waals surface area contributed by atoms with Crippen LogP contribution in [-0.2, 0) is 16.0 Å². The molecule has 5 nitrogen and oxygen atoms in total. The van der Waals surface area contributed by atoms with E-state index in [1.165, 1.54) is 36.8 Å². The molecule has 1 aromatic carbocycles. The number of carbonyl (C=O) groups excluding carboxylic acids is 2. The molecule has 150 valence electrons. The van der Waals surface area contributed by atoms with E-state index < -0.39 is 5.97 Å². The van der Waals surface area contributed by atoms with Crippen LogP contribution in [0.4, 0.5) is 0 Å². The summed E-state index contributed by atoms with van der Waals surface area (Å²) in [5, 5.41) is 12.9. The monoisotopic (exact) mass is 383 g/mol. The van der Waals surface area contributed by atoms with Gasteiger partial charge in [-0.1, -0.05) is 36.3 Å². The van der Waals surface area contributed by atoms with Crippen molar-refractivity contribution in [2.45, 2.75) is 46.0 Å². The Balaban J connectivity index is 1.97. The Kier molecular flexibility index (Phi) is 8.05. The highest BCUT2D eigenvalue weighted by molar-refractivity contribution is 5.89. The molecule has 0 saturated carbocycles. The summed E-state index contributed by atoms with van der Waals surface area (Å²) in [6.07, 6.45) is 10.7. The molecule has 0 aliphatic heterocycles. The van der Waals surface area contributed by atoms with Crippen molar-refractivity contribution in [2.24, 2.45) is 0 Å². The van der Waals surface area contributed by atoms with E-state index in [4.69, 9.17) is 4.74 Å². The number of rotatable bonds is 8. The van der Waals surface area contributed by atoms with Gasteiger partial charge in [0.2, 0.25) is 5.91 Å². The third-order valence-corrected chi connectivity index (χ3v) is 4.93. The van der Waals surface area contributed by atoms with Crippen molar-refractivity contribution >= 4 is 11.9 Å². The molecule has 0 saturated heterocycles. The van der Waals surface area contributed by atoms with E-state index >= 15 is 0 Å². The summed E-state index contributed by atoms with van der Waals surface area (Å²) < 4.78 is 4.74. The lowest BCUT2D eigenvalue weighted by Crippen LogP contribution is -2.22. The van der Waals surface area contributed by atoms with Gasteiger partial charge >= 0.3 is 5.97 Å². The van der Waals surface area contributed by atoms with Crippen LogP contribution in [0.15, 0.2) is 53.1 Å². The van der Waals surface area contributed by atoms with Gasteiger partial charge in [0.15, 0.2) is 0 Å². The van der Waals surface area contributed by atoms with Crippen LogP contribution in [0, 0.1) is 0 Å². The summed E-state index contributed by atoms with van der Waals surface area (Å²) in [5.41, 5.74) is 4.95. The van der Waals surface area contributed by atoms with Gasteiger partial charge < -0.3 is 15.2 Å². The summed E-state index contributed by atoms with van der Waals surface area (Å²) in [7, 11) is 1.35. The van der Waals surface area contributed by atoms with Gasteiger partial charge in [-0.2, -0.15) is 0 Å². The number of amides is 1. The molecular weight excluding hydrogens is 354 g/mol. The van der Waals surface area contributed by atoms with E-state index in [9.17, 15) is 14.7 Å². The Morgan fingerprint density at radius 3 is 2.68 bits per heavy atom. The smallest absolute Gasteiger partial charge is 0.337 e. The molecule has 0 radical (unpaired) electrons. The number of carbonyl (C=O) groups is 2. The fraction of sp³-hybridized carbons (Fsp3) is 0.391. The zero-order chi connectivity index (χ0) is 20.5. The fourth-order valence-electron chi connectivity index (χ4n) is 3.25. The van der Waals surface area contributed by atoms with E-state index in [2.05, 4.69) is 30.5 Å². The third-order valence-electron chi connectivity index (χ3n) is 4.93. The number of hydrogen-bond acceptors (Lipinski definition) is 4. The maximum absolute atomic E-state index is 11.7. The maximum Gasteiger partial charge on any atom is 0.337 e. The first kappa shape index (κ1) is 21.5. The Morgan fingerprint density at radius 2 is 2.00 bits per heavy atom. The van der Waals surface area contributed by atoms with Gasteiger partial charge in [0.1, 0.15) is 5.75 Å². The number of benzene rings is 1. The molecule has 0 atom stereocenters. The lowest BCUT2D eigenvalue weighted by Gasteiger charge is -2.09. The summed E-state index contributed by atoms with van der Waals surface area (Å²) in [4.78, 5) is 22.9. The van der Waals surface area contributed by atoms with E-state index in [1.54, 1.807) is 12.1 Å². The van der Waals surface area contributed by atoms with Gasteiger partial charge in [-0.15, -0.1) is 0 Å². The zero-order valence-electron chi connectivity index (χ0n) is 16.9. The summed E-state index contributed by atoms with van der Waals surface area (Å²) in [6, 6.07) is 4.80. The standard InChI is InChI=1S/C23H29NO4/c1-4-18-10-8-17(9-11-21(18)15-24-16(2)25)6-5-7-19-14-20(23(27)28-3)12-13-22(19)26/h8-9,11-14,26H,4-7,10,15H2,1-3H3,(H,24,25). The average Bonchev–Trinajstić information content (AvgIpc) is 2.89. The predicted octanol–water partition coefficient (Wildman–Crippen LogP) is 4.23. The molecule has 1 aliphatic carbocycles. The van der Waals surface area contributed by atoms with Crippen LogP contribution in [-0.4, -0.2) is 30.6 Å². The van der Waals surface area contributed by atoms with Gasteiger partial charge in [0.05, 0.1) is 12.7 Å². The SMILES string of the molecule is CCC1=C(CNC(C)=O)C=CC(CCCc2cc(C(=O)OC)ccc2O)=CC1. The topological polar surface area (TPSA) is 75.6 Å². The summed E-state index contributed by atoms with van der Waals surface area (Å²) >= 11 is 0. The fourth-order valence-corrected chi connectivity index (χ4v) is 3.25. The van der Waals surface area contributed by atoms with E-state index in [0.29, 0.717) is 18.5 Å². The molecule has 0 aromatic heterocycles. The van der Waals surface area contributed by atoms with Gasteiger partial charge in [-0.3, -0.25) is 4.79 Å². The number of phenols is 1. The first-order valence-electron chi connectivity index (χ1n) is 9.67. The molecule has 0 heterocycles. The van der Waals surface area contributed by atoms with Crippen molar-refractivity contribution in [3.05, 3.63) is 64.3 Å². The van der Waals surface area contributed by atoms with Crippen molar-refractivity contribution in [2.75, 3.05) is 13.7 Å². The average molecular weight is 383 g/mol. The second-order valence-corrected chi connectivity index (χ2v) is 6.90. The number of esters is 1. The van der Waals surface area contributed by atoms with Gasteiger partial charge in [0.25, 0.3) is 0 Å². The van der Waals surface area contributed by atoms with Gasteiger partial charge in [0, 0.05) is 13.5 Å². The molecule has 2 rings (SSSR count). The first-order valence-corrected chi connectivity index (χ1v) is 9.67. The van der Waals surface area contributed by atoms with Crippen molar-refractivity contribution < 1.29 is 19.4 Å². The Hall–Kier alpha value is -2.82. The number of aromatic hydroxyl groups is 1. The van der Waals surface area contributed by atoms with Crippen LogP contribution in [0.5, 0.6) is 5.75 Å². The van der Waals surface area contributed by atoms with Crippen molar-refractivity contribution in [1.82, 2.24) is 5.32 Å². The number of aryl methyl sites for hydroxylation is 1. The van der Waals surface area contributed by atoms with Crippen LogP contribution in [0.1, 0.15) is 55.5 Å². The molecule has 28 heavy (non-hydrogen) atoms. The lowest BCUT2D eigenvalue weighted by molar-refractivity contribution is -0.118. The molecule has 2 N–H and O–H groups in total. The Bertz CT molecular complexity index is 818. The first-order chi connectivity index (χ1) is 13.4. The predicted molar refractivity (Wildman–Crippen MR) is 110 cm³/mol. The second-order valence-electron chi connectivity index (χ2n) is 6.90. The molecule has 1 amide bonds. The number of allylic oxidation sites excluding steroid dienone is 4. The van der Waals surface area contributed by atoms with Crippen molar-refractivity contribution in [1.29, 1.82) is 0 Å². The quantitative estimate of drug-likeness (QED) is 0.659. The van der Waals surface area contributed by atoms with Crippen LogP contribution < -0.4 is 5.32 Å². The van der Waals surface area contributed by atoms with Crippen LogP contribution in [0.2, 0.25) is 0 Å². The number of ether oxygens (including phenoxy) is 1. The van der Waals surface area contributed by atoms with Crippen molar-refractivity contribution in [3.8, 4) is 5.75 Å². The summed E-state index contributed by atoms with van der Waals surface area (Å²) in [5.74, 6) is -0.228. The number of nitrogens with one attached hydrogen (secondary N) is 1. The third kappa shape index (κ3) is 6.12. The van der Waals surface area contributed by atoms with Crippen molar-refractivity contribution in [3.63, 3.8) is 0 Å². The van der Waals surface area contributed by atoms with E-state index in [1.807, 2.05) is 0 Å². The number of phenolic OH excluding ortho intramolecular Hbond substituents is 1. The highest BCUT2D eigenvalue weighted by atomic mass is 16.5. The van der Waals surface area contributed by atoms with Crippen LogP contribution >= 0.6 is 0 Å². The molecule has 0 unspecified atom stereocenters. The minimum absolute atomic E-state index is 0.0252. The largest absolute Gasteiger partial charge is 0.508 e. The summed E-state index contributed by atoms with van der Waals surface area (Å²) in [6.45, 7) is 4.22. The van der Waals surface area contributed by atoms with Crippen LogP contribution in [0.25, 0.3) is 0 Å². The molecule has 0 fully saturated rings. The highest BCUT2D eigenvalue weighted by Gasteiger charge is 2.11. The molecule has 5 heteroatoms. The second kappa shape index (κ2) is 10.5. The lowest BCUT2D eigenvalue weighted by atomic mass is 10.0. The zero-order valence-corrected chi connectivity index (χ0v) is 16.9. The Morgan fingerprint density at radius 1 is 1.21 bits per heavy atom. The highest BCUT2D eigenvalue weighted by Crippen LogP contribution is 2.25. The Labute approximate surface area is 166 Å². The van der Waals surface area contributed by atoms with E-state index in [0.717, 1.165) is 31.2 Å². The number of hydrogen-bond donors (Lipinski definition) is 2. The molecule has 1 aliphatic rings. The minimum Gasteiger partial charge on any atom is -0.508 e. The van der Waals surface area contributed by atoms with Gasteiger partial charge in [-0.25, -0.2) is 4.79 Å². The molecule has 0 bridgehead atoms. The van der Waals surface area contributed by atoms with Crippen LogP contribution in [0.3, 0.4) is 0 Å². The van der Waals surface area contributed by atoms with E-state index in [-0.39, 0.29) is 11.7 Å². The molecule has 0 spiro atoms. The van der Waals surface area contributed by atoms with Gasteiger partial charge in [-0.05, 0) is 61.4 Å². The normalized spacial score (nSPS) is 13.8.